The minimum absolute atomic E-state index is 0.906. The van der Waals surface area contributed by atoms with Crippen molar-refractivity contribution in [1.29, 1.82) is 0 Å². The minimum Gasteiger partial charge on any atom is -0.496 e. The number of aryl methyl sites for hydroxylation is 1. The molecule has 0 spiro atoms. The molecule has 0 fully saturated rings. The van der Waals surface area contributed by atoms with E-state index in [1.165, 1.54) is 0 Å². The highest BCUT2D eigenvalue weighted by Gasteiger charge is 2.02. The van der Waals surface area contributed by atoms with Crippen LogP contribution in [0.15, 0.2) is 24.8 Å². The maximum atomic E-state index is 5.18. The number of methoxy groups -OCH3 is 1. The van der Waals surface area contributed by atoms with Crippen molar-refractivity contribution in [2.45, 2.75) is 6.92 Å². The maximum Gasteiger partial charge on any atom is 0.125 e. The fourth-order valence-corrected chi connectivity index (χ4v) is 1.33. The van der Waals surface area contributed by atoms with E-state index in [2.05, 4.69) is 4.98 Å². The Morgan fingerprint density at radius 3 is 3.08 bits per heavy atom. The van der Waals surface area contributed by atoms with Gasteiger partial charge in [0.2, 0.25) is 0 Å². The van der Waals surface area contributed by atoms with Crippen molar-refractivity contribution < 1.29 is 4.74 Å². The van der Waals surface area contributed by atoms with E-state index in [1.807, 2.05) is 29.8 Å². The Hall–Kier alpha value is -1.51. The van der Waals surface area contributed by atoms with Crippen molar-refractivity contribution in [2.24, 2.45) is 0 Å². The summed E-state index contributed by atoms with van der Waals surface area (Å²) in [6.07, 6.45) is 5.55. The summed E-state index contributed by atoms with van der Waals surface area (Å²) >= 11 is 0. The summed E-state index contributed by atoms with van der Waals surface area (Å²) in [7, 11) is 1.68. The van der Waals surface area contributed by atoms with Gasteiger partial charge in [-0.05, 0) is 13.0 Å². The van der Waals surface area contributed by atoms with E-state index in [9.17, 15) is 0 Å². The van der Waals surface area contributed by atoms with Crippen LogP contribution in [0.2, 0.25) is 0 Å². The molecule has 0 bridgehead atoms. The fraction of sp³-hybridized carbons (Fsp3) is 0.222. The van der Waals surface area contributed by atoms with Crippen LogP contribution in [0, 0.1) is 6.92 Å². The highest BCUT2D eigenvalue weighted by Crippen LogP contribution is 2.20. The lowest BCUT2D eigenvalue weighted by atomic mass is 10.2. The zero-order valence-electron chi connectivity index (χ0n) is 7.11. The smallest absolute Gasteiger partial charge is 0.125 e. The number of hydrogen-bond donors (Lipinski definition) is 0. The van der Waals surface area contributed by atoms with Gasteiger partial charge in [-0.1, -0.05) is 0 Å². The molecular formula is C9H10N2O. The lowest BCUT2D eigenvalue weighted by molar-refractivity contribution is 0.411. The van der Waals surface area contributed by atoms with Crippen LogP contribution in [0.5, 0.6) is 5.75 Å². The molecule has 0 amide bonds. The van der Waals surface area contributed by atoms with E-state index in [0.29, 0.717) is 0 Å². The van der Waals surface area contributed by atoms with Gasteiger partial charge < -0.3 is 9.14 Å². The van der Waals surface area contributed by atoms with Crippen LogP contribution in [0.25, 0.3) is 5.52 Å². The summed E-state index contributed by atoms with van der Waals surface area (Å²) in [6.45, 7) is 2.02. The molecule has 0 aliphatic heterocycles. The molecule has 2 heterocycles. The van der Waals surface area contributed by atoms with Gasteiger partial charge in [0.25, 0.3) is 0 Å². The lowest BCUT2D eigenvalue weighted by Crippen LogP contribution is -1.90. The lowest BCUT2D eigenvalue weighted by Gasteiger charge is -2.04. The summed E-state index contributed by atoms with van der Waals surface area (Å²) in [5, 5.41) is 0. The van der Waals surface area contributed by atoms with Crippen molar-refractivity contribution in [1.82, 2.24) is 9.38 Å². The normalized spacial score (nSPS) is 10.5. The second kappa shape index (κ2) is 2.52. The van der Waals surface area contributed by atoms with Crippen LogP contribution in [0.4, 0.5) is 0 Å². The summed E-state index contributed by atoms with van der Waals surface area (Å²) < 4.78 is 7.15. The number of nitrogens with zero attached hydrogens (tertiary/aromatic N) is 2. The van der Waals surface area contributed by atoms with Gasteiger partial charge in [0.1, 0.15) is 5.75 Å². The number of pyridine rings is 1. The molecule has 0 aromatic carbocycles. The molecule has 2 rings (SSSR count). The van der Waals surface area contributed by atoms with Gasteiger partial charge in [-0.25, -0.2) is 4.98 Å². The summed E-state index contributed by atoms with van der Waals surface area (Å²) in [5.74, 6) is 0.906. The van der Waals surface area contributed by atoms with Gasteiger partial charge in [0, 0.05) is 11.8 Å². The first-order valence-corrected chi connectivity index (χ1v) is 3.78. The predicted octanol–water partition coefficient (Wildman–Crippen LogP) is 1.65. The predicted molar refractivity (Wildman–Crippen MR) is 46.5 cm³/mol. The Kier molecular flexibility index (Phi) is 1.50. The van der Waals surface area contributed by atoms with Crippen LogP contribution in [-0.2, 0) is 0 Å². The van der Waals surface area contributed by atoms with E-state index in [0.717, 1.165) is 16.8 Å². The van der Waals surface area contributed by atoms with E-state index >= 15 is 0 Å². The monoisotopic (exact) mass is 162 g/mol. The largest absolute Gasteiger partial charge is 0.496 e. The van der Waals surface area contributed by atoms with Crippen LogP contribution < -0.4 is 4.74 Å². The van der Waals surface area contributed by atoms with E-state index < -0.39 is 0 Å². The molecule has 0 saturated heterocycles. The molecule has 2 aromatic rings. The van der Waals surface area contributed by atoms with E-state index in [1.54, 1.807) is 13.4 Å². The van der Waals surface area contributed by atoms with Crippen molar-refractivity contribution in [2.75, 3.05) is 7.11 Å². The molecule has 2 aromatic heterocycles. The van der Waals surface area contributed by atoms with E-state index in [-0.39, 0.29) is 0 Å². The Morgan fingerprint density at radius 1 is 1.50 bits per heavy atom. The summed E-state index contributed by atoms with van der Waals surface area (Å²) in [6, 6.07) is 1.93. The first-order valence-electron chi connectivity index (χ1n) is 3.78. The zero-order valence-corrected chi connectivity index (χ0v) is 7.11. The third-order valence-electron chi connectivity index (χ3n) is 2.03. The SMILES string of the molecule is COc1ccn2cncc2c1C. The fourth-order valence-electron chi connectivity index (χ4n) is 1.33. The molecule has 0 unspecified atom stereocenters. The Morgan fingerprint density at radius 2 is 2.33 bits per heavy atom. The highest BCUT2D eigenvalue weighted by atomic mass is 16.5. The van der Waals surface area contributed by atoms with Crippen LogP contribution in [0.1, 0.15) is 5.56 Å². The molecule has 0 radical (unpaired) electrons. The highest BCUT2D eigenvalue weighted by molar-refractivity contribution is 5.58. The molecule has 3 heteroatoms. The van der Waals surface area contributed by atoms with Gasteiger partial charge in [-0.15, -0.1) is 0 Å². The molecule has 0 saturated carbocycles. The number of hydrogen-bond acceptors (Lipinski definition) is 2. The summed E-state index contributed by atoms with van der Waals surface area (Å²) in [5.41, 5.74) is 2.21. The van der Waals surface area contributed by atoms with Crippen LogP contribution in [0.3, 0.4) is 0 Å². The molecular weight excluding hydrogens is 152 g/mol. The molecule has 0 aliphatic rings. The van der Waals surface area contributed by atoms with E-state index in [4.69, 9.17) is 4.74 Å². The first-order chi connectivity index (χ1) is 5.83. The molecule has 0 atom stereocenters. The number of aromatic nitrogens is 2. The van der Waals surface area contributed by atoms with Gasteiger partial charge in [-0.3, -0.25) is 0 Å². The number of fused-ring (bicyclic) bond motifs is 1. The maximum absolute atomic E-state index is 5.18. The van der Waals surface area contributed by atoms with Crippen molar-refractivity contribution in [3.63, 3.8) is 0 Å². The molecule has 0 N–H and O–H groups in total. The number of ether oxygens (including phenoxy) is 1. The van der Waals surface area contributed by atoms with Crippen LogP contribution >= 0.6 is 0 Å². The molecule has 0 aliphatic carbocycles. The third-order valence-corrected chi connectivity index (χ3v) is 2.03. The van der Waals surface area contributed by atoms with Crippen LogP contribution in [-0.4, -0.2) is 16.5 Å². The average Bonchev–Trinajstić information content (AvgIpc) is 2.53. The Labute approximate surface area is 70.6 Å². The van der Waals surface area contributed by atoms with Gasteiger partial charge in [0.05, 0.1) is 25.2 Å². The van der Waals surface area contributed by atoms with Crippen molar-refractivity contribution in [3.05, 3.63) is 30.4 Å². The van der Waals surface area contributed by atoms with Gasteiger partial charge >= 0.3 is 0 Å². The second-order valence-corrected chi connectivity index (χ2v) is 2.70. The zero-order chi connectivity index (χ0) is 8.55. The topological polar surface area (TPSA) is 26.5 Å². The van der Waals surface area contributed by atoms with Crippen molar-refractivity contribution in [3.8, 4) is 5.75 Å². The number of rotatable bonds is 1. The van der Waals surface area contributed by atoms with Crippen molar-refractivity contribution >= 4 is 5.52 Å². The first kappa shape index (κ1) is 7.16. The quantitative estimate of drug-likeness (QED) is 0.637. The van der Waals surface area contributed by atoms with Gasteiger partial charge in [0.15, 0.2) is 0 Å². The Balaban J connectivity index is 2.78. The standard InChI is InChI=1S/C9H10N2O/c1-7-8-5-10-6-11(8)4-3-9(7)12-2/h3-6H,1-2H3. The Bertz CT molecular complexity index is 406. The summed E-state index contributed by atoms with van der Waals surface area (Å²) in [4.78, 5) is 4.04. The number of imidazole rings is 1. The molecule has 3 nitrogen and oxygen atoms in total. The average molecular weight is 162 g/mol. The molecule has 12 heavy (non-hydrogen) atoms. The minimum atomic E-state index is 0.906. The van der Waals surface area contributed by atoms with Gasteiger partial charge in [-0.2, -0.15) is 0 Å². The second-order valence-electron chi connectivity index (χ2n) is 2.70. The molecule has 62 valence electrons. The third kappa shape index (κ3) is 0.863.